The van der Waals surface area contributed by atoms with Gasteiger partial charge in [0.15, 0.2) is 0 Å². The van der Waals surface area contributed by atoms with Crippen LogP contribution in [0.1, 0.15) is 22.3 Å². The maximum atomic E-state index is 13.0. The molecular formula is C23H21ClN2O4S. The number of fused-ring (bicyclic) bond motifs is 1. The van der Waals surface area contributed by atoms with Crippen LogP contribution < -0.4 is 14.4 Å². The summed E-state index contributed by atoms with van der Waals surface area (Å²) in [4.78, 5) is 14.8. The first-order valence-corrected chi connectivity index (χ1v) is 11.6. The Hall–Kier alpha value is -3.03. The second kappa shape index (κ2) is 8.61. The van der Waals surface area contributed by atoms with Crippen molar-refractivity contribution in [3.8, 4) is 5.75 Å². The molecular weight excluding hydrogens is 436 g/mol. The normalized spacial score (nSPS) is 13.4. The lowest BCUT2D eigenvalue weighted by atomic mass is 10.0. The Kier molecular flexibility index (Phi) is 5.89. The first kappa shape index (κ1) is 21.2. The number of amides is 1. The van der Waals surface area contributed by atoms with Gasteiger partial charge in [-0.2, -0.15) is 0 Å². The molecule has 31 heavy (non-hydrogen) atoms. The van der Waals surface area contributed by atoms with Crippen molar-refractivity contribution in [2.45, 2.75) is 17.7 Å². The van der Waals surface area contributed by atoms with Crippen LogP contribution in [0.4, 0.5) is 11.4 Å². The number of methoxy groups -OCH3 is 1. The van der Waals surface area contributed by atoms with Gasteiger partial charge in [0.1, 0.15) is 5.75 Å². The third kappa shape index (κ3) is 4.52. The van der Waals surface area contributed by atoms with E-state index in [-0.39, 0.29) is 10.8 Å². The van der Waals surface area contributed by atoms with Crippen LogP contribution in [0.2, 0.25) is 5.02 Å². The maximum Gasteiger partial charge on any atom is 0.261 e. The van der Waals surface area contributed by atoms with Crippen LogP contribution in [0.5, 0.6) is 5.75 Å². The number of sulfonamides is 1. The molecule has 3 aromatic rings. The zero-order valence-electron chi connectivity index (χ0n) is 16.8. The van der Waals surface area contributed by atoms with Gasteiger partial charge in [0.05, 0.1) is 12.0 Å². The average molecular weight is 457 g/mol. The summed E-state index contributed by atoms with van der Waals surface area (Å²) >= 11 is 6.03. The number of nitrogens with one attached hydrogen (secondary N) is 1. The summed E-state index contributed by atoms with van der Waals surface area (Å²) in [6.45, 7) is 0.564. The predicted octanol–water partition coefficient (Wildman–Crippen LogP) is 4.74. The van der Waals surface area contributed by atoms with Crippen LogP contribution in [-0.2, 0) is 16.4 Å². The SMILES string of the molecule is COc1ccc(NS(=O)(=O)c2ccc3c(c2)CCCN3C(=O)c2cccc(Cl)c2)cc1. The van der Waals surface area contributed by atoms with E-state index in [0.29, 0.717) is 35.0 Å². The molecule has 0 radical (unpaired) electrons. The fraction of sp³-hybridized carbons (Fsp3) is 0.174. The van der Waals surface area contributed by atoms with Gasteiger partial charge in [-0.1, -0.05) is 17.7 Å². The summed E-state index contributed by atoms with van der Waals surface area (Å²) in [6.07, 6.45) is 1.44. The number of hydrogen-bond acceptors (Lipinski definition) is 4. The second-order valence-corrected chi connectivity index (χ2v) is 9.31. The molecule has 1 heterocycles. The topological polar surface area (TPSA) is 75.7 Å². The summed E-state index contributed by atoms with van der Waals surface area (Å²) in [5, 5.41) is 0.495. The van der Waals surface area contributed by atoms with E-state index in [0.717, 1.165) is 17.7 Å². The van der Waals surface area contributed by atoms with Gasteiger partial charge >= 0.3 is 0 Å². The summed E-state index contributed by atoms with van der Waals surface area (Å²) < 4.78 is 33.4. The highest BCUT2D eigenvalue weighted by molar-refractivity contribution is 7.92. The summed E-state index contributed by atoms with van der Waals surface area (Å²) in [6, 6.07) is 18.3. The highest BCUT2D eigenvalue weighted by atomic mass is 35.5. The van der Waals surface area contributed by atoms with Crippen molar-refractivity contribution < 1.29 is 17.9 Å². The van der Waals surface area contributed by atoms with Crippen molar-refractivity contribution in [1.29, 1.82) is 0 Å². The molecule has 0 fully saturated rings. The standard InChI is InChI=1S/C23H21ClN2O4S/c1-30-20-9-7-19(8-10-20)25-31(28,29)21-11-12-22-16(15-21)5-3-13-26(22)23(27)17-4-2-6-18(24)14-17/h2,4,6-12,14-15,25H,3,5,13H2,1H3. The molecule has 0 atom stereocenters. The van der Waals surface area contributed by atoms with Crippen molar-refractivity contribution in [3.63, 3.8) is 0 Å². The molecule has 1 N–H and O–H groups in total. The Labute approximate surface area is 186 Å². The zero-order valence-corrected chi connectivity index (χ0v) is 18.4. The Bertz CT molecular complexity index is 1230. The van der Waals surface area contributed by atoms with Crippen LogP contribution in [-0.4, -0.2) is 28.0 Å². The highest BCUT2D eigenvalue weighted by Crippen LogP contribution is 2.31. The van der Waals surface area contributed by atoms with Gasteiger partial charge < -0.3 is 9.64 Å². The predicted molar refractivity (Wildman–Crippen MR) is 122 cm³/mol. The van der Waals surface area contributed by atoms with Gasteiger partial charge in [-0.15, -0.1) is 0 Å². The lowest BCUT2D eigenvalue weighted by Gasteiger charge is -2.30. The molecule has 0 saturated heterocycles. The number of carbonyl (C=O) groups is 1. The monoisotopic (exact) mass is 456 g/mol. The number of halogens is 1. The number of ether oxygens (including phenoxy) is 1. The minimum absolute atomic E-state index is 0.152. The van der Waals surface area contributed by atoms with E-state index < -0.39 is 10.0 Å². The number of hydrogen-bond donors (Lipinski definition) is 1. The van der Waals surface area contributed by atoms with Gasteiger partial charge in [-0.25, -0.2) is 8.42 Å². The van der Waals surface area contributed by atoms with E-state index in [2.05, 4.69) is 4.72 Å². The molecule has 0 aliphatic carbocycles. The Balaban J connectivity index is 1.61. The first-order chi connectivity index (χ1) is 14.9. The third-order valence-corrected chi connectivity index (χ3v) is 6.75. The quantitative estimate of drug-likeness (QED) is 0.601. The second-order valence-electron chi connectivity index (χ2n) is 7.20. The van der Waals surface area contributed by atoms with Crippen molar-refractivity contribution in [1.82, 2.24) is 0 Å². The van der Waals surface area contributed by atoms with Crippen LogP contribution >= 0.6 is 11.6 Å². The summed E-state index contributed by atoms with van der Waals surface area (Å²) in [5.74, 6) is 0.483. The number of anilines is 2. The fourth-order valence-corrected chi connectivity index (χ4v) is 4.90. The van der Waals surface area contributed by atoms with Gasteiger partial charge in [0.2, 0.25) is 0 Å². The smallest absolute Gasteiger partial charge is 0.261 e. The van der Waals surface area contributed by atoms with Crippen LogP contribution in [0, 0.1) is 0 Å². The maximum absolute atomic E-state index is 13.0. The van der Waals surface area contributed by atoms with Gasteiger partial charge in [0, 0.05) is 28.5 Å². The molecule has 3 aromatic carbocycles. The number of aryl methyl sites for hydroxylation is 1. The molecule has 1 aliphatic rings. The van der Waals surface area contributed by atoms with E-state index in [1.807, 2.05) is 0 Å². The Morgan fingerprint density at radius 2 is 1.84 bits per heavy atom. The molecule has 1 amide bonds. The molecule has 4 rings (SSSR count). The molecule has 6 nitrogen and oxygen atoms in total. The van der Waals surface area contributed by atoms with E-state index in [9.17, 15) is 13.2 Å². The molecule has 0 bridgehead atoms. The fourth-order valence-electron chi connectivity index (χ4n) is 3.60. The third-order valence-electron chi connectivity index (χ3n) is 5.14. The molecule has 0 saturated carbocycles. The van der Waals surface area contributed by atoms with Crippen LogP contribution in [0.3, 0.4) is 0 Å². The van der Waals surface area contributed by atoms with E-state index >= 15 is 0 Å². The Morgan fingerprint density at radius 3 is 2.55 bits per heavy atom. The van der Waals surface area contributed by atoms with Crippen molar-refractivity contribution in [3.05, 3.63) is 82.9 Å². The minimum atomic E-state index is -3.77. The van der Waals surface area contributed by atoms with Crippen molar-refractivity contribution >= 4 is 38.9 Å². The lowest BCUT2D eigenvalue weighted by Crippen LogP contribution is -2.35. The first-order valence-electron chi connectivity index (χ1n) is 9.74. The minimum Gasteiger partial charge on any atom is -0.497 e. The molecule has 0 spiro atoms. The summed E-state index contributed by atoms with van der Waals surface area (Å²) in [7, 11) is -2.23. The molecule has 1 aliphatic heterocycles. The van der Waals surface area contributed by atoms with E-state index in [4.69, 9.17) is 16.3 Å². The number of nitrogens with zero attached hydrogens (tertiary/aromatic N) is 1. The van der Waals surface area contributed by atoms with E-state index in [1.165, 1.54) is 6.07 Å². The van der Waals surface area contributed by atoms with Crippen molar-refractivity contribution in [2.75, 3.05) is 23.3 Å². The zero-order chi connectivity index (χ0) is 22.0. The molecule has 0 unspecified atom stereocenters. The van der Waals surface area contributed by atoms with Crippen LogP contribution in [0.25, 0.3) is 0 Å². The van der Waals surface area contributed by atoms with Gasteiger partial charge in [-0.3, -0.25) is 9.52 Å². The highest BCUT2D eigenvalue weighted by Gasteiger charge is 2.26. The number of carbonyl (C=O) groups excluding carboxylic acids is 1. The number of rotatable bonds is 5. The molecule has 8 heteroatoms. The van der Waals surface area contributed by atoms with Crippen LogP contribution in [0.15, 0.2) is 71.6 Å². The average Bonchev–Trinajstić information content (AvgIpc) is 2.78. The summed E-state index contributed by atoms with van der Waals surface area (Å²) in [5.41, 5.74) is 2.48. The van der Waals surface area contributed by atoms with Gasteiger partial charge in [-0.05, 0) is 79.1 Å². The van der Waals surface area contributed by atoms with Gasteiger partial charge in [0.25, 0.3) is 15.9 Å². The van der Waals surface area contributed by atoms with Crippen molar-refractivity contribution in [2.24, 2.45) is 0 Å². The Morgan fingerprint density at radius 1 is 1.06 bits per heavy atom. The molecule has 0 aromatic heterocycles. The lowest BCUT2D eigenvalue weighted by molar-refractivity contribution is 0.0985. The number of benzene rings is 3. The van der Waals surface area contributed by atoms with E-state index in [1.54, 1.807) is 72.7 Å². The molecule has 160 valence electrons. The largest absolute Gasteiger partial charge is 0.497 e.